The van der Waals surface area contributed by atoms with Crippen LogP contribution in [0.25, 0.3) is 11.5 Å². The third kappa shape index (κ3) is 3.87. The highest BCUT2D eigenvalue weighted by molar-refractivity contribution is 7.88. The summed E-state index contributed by atoms with van der Waals surface area (Å²) in [6.45, 7) is 3.28. The molecule has 0 amide bonds. The van der Waals surface area contributed by atoms with Gasteiger partial charge in [-0.15, -0.1) is 0 Å². The van der Waals surface area contributed by atoms with Gasteiger partial charge in [0.25, 0.3) is 0 Å². The van der Waals surface area contributed by atoms with E-state index in [2.05, 4.69) is 24.9 Å². The van der Waals surface area contributed by atoms with Crippen molar-refractivity contribution in [3.05, 3.63) is 47.6 Å². The Morgan fingerprint density at radius 1 is 1.31 bits per heavy atom. The fraction of sp³-hybridized carbons (Fsp3) is 0.375. The number of aromatic nitrogens is 4. The number of H-pyrrole nitrogens is 1. The van der Waals surface area contributed by atoms with Crippen molar-refractivity contribution in [1.29, 1.82) is 0 Å². The monoisotopic (exact) mass is 376 g/mol. The third-order valence-electron chi connectivity index (χ3n) is 4.25. The molecule has 1 aliphatic heterocycles. The summed E-state index contributed by atoms with van der Waals surface area (Å²) in [7, 11) is -3.22. The molecule has 4 rings (SSSR count). The molecule has 10 heteroatoms. The first-order valence-electron chi connectivity index (χ1n) is 8.27. The van der Waals surface area contributed by atoms with E-state index in [0.717, 1.165) is 54.5 Å². The van der Waals surface area contributed by atoms with Crippen LogP contribution < -0.4 is 4.72 Å². The summed E-state index contributed by atoms with van der Waals surface area (Å²) < 4.78 is 32.7. The summed E-state index contributed by atoms with van der Waals surface area (Å²) in [6, 6.07) is 7.73. The van der Waals surface area contributed by atoms with Crippen LogP contribution in [0.2, 0.25) is 0 Å². The van der Waals surface area contributed by atoms with Crippen LogP contribution in [0, 0.1) is 0 Å². The Morgan fingerprint density at radius 3 is 2.96 bits per heavy atom. The van der Waals surface area contributed by atoms with Crippen LogP contribution in [-0.2, 0) is 36.2 Å². The number of nitrogens with one attached hydrogen (secondary N) is 2. The van der Waals surface area contributed by atoms with Crippen molar-refractivity contribution < 1.29 is 12.8 Å². The second-order valence-electron chi connectivity index (χ2n) is 6.39. The van der Waals surface area contributed by atoms with Crippen LogP contribution >= 0.6 is 0 Å². The van der Waals surface area contributed by atoms with E-state index in [1.807, 2.05) is 28.9 Å². The summed E-state index contributed by atoms with van der Waals surface area (Å²) in [5.41, 5.74) is 2.66. The van der Waals surface area contributed by atoms with Crippen molar-refractivity contribution in [3.63, 3.8) is 0 Å². The van der Waals surface area contributed by atoms with Crippen molar-refractivity contribution in [2.24, 2.45) is 0 Å². The number of nitrogens with zero attached hydrogens (tertiary/aromatic N) is 4. The molecular formula is C16H20N6O3S. The summed E-state index contributed by atoms with van der Waals surface area (Å²) >= 11 is 0. The largest absolute Gasteiger partial charge is 0.458 e. The topological polar surface area (TPSA) is 109 Å². The van der Waals surface area contributed by atoms with Gasteiger partial charge in [-0.1, -0.05) is 0 Å². The fourth-order valence-corrected chi connectivity index (χ4v) is 3.44. The minimum absolute atomic E-state index is 0.213. The standard InChI is InChI=1S/C16H20N6O3S/c1-26(23,24)18-9-12-8-13-10-21(6-7-22(13)20-12)11-14-2-3-16(25-14)15-4-5-17-19-15/h2-5,8,18H,6-7,9-11H2,1H3,(H,17,19). The molecule has 2 N–H and O–H groups in total. The molecule has 0 atom stereocenters. The summed E-state index contributed by atoms with van der Waals surface area (Å²) in [4.78, 5) is 2.28. The molecule has 0 aromatic carbocycles. The van der Waals surface area contributed by atoms with E-state index < -0.39 is 10.0 Å². The van der Waals surface area contributed by atoms with Crippen LogP contribution in [0.5, 0.6) is 0 Å². The summed E-state index contributed by atoms with van der Waals surface area (Å²) in [6.07, 6.45) is 2.84. The molecule has 0 aliphatic carbocycles. The van der Waals surface area contributed by atoms with Crippen LogP contribution in [-0.4, -0.2) is 46.1 Å². The van der Waals surface area contributed by atoms with Gasteiger partial charge < -0.3 is 4.42 Å². The summed E-state index contributed by atoms with van der Waals surface area (Å²) in [5.74, 6) is 1.66. The second-order valence-corrected chi connectivity index (χ2v) is 8.22. The maximum Gasteiger partial charge on any atom is 0.209 e. The predicted molar refractivity (Wildman–Crippen MR) is 94.3 cm³/mol. The van der Waals surface area contributed by atoms with Gasteiger partial charge in [-0.25, -0.2) is 13.1 Å². The molecule has 1 aliphatic rings. The smallest absolute Gasteiger partial charge is 0.209 e. The van der Waals surface area contributed by atoms with Gasteiger partial charge in [0.05, 0.1) is 37.3 Å². The number of fused-ring (bicyclic) bond motifs is 1. The minimum atomic E-state index is -3.22. The van der Waals surface area contributed by atoms with E-state index in [-0.39, 0.29) is 6.54 Å². The van der Waals surface area contributed by atoms with Crippen molar-refractivity contribution >= 4 is 10.0 Å². The van der Waals surface area contributed by atoms with E-state index in [1.165, 1.54) is 0 Å². The number of hydrogen-bond acceptors (Lipinski definition) is 6. The minimum Gasteiger partial charge on any atom is -0.458 e. The van der Waals surface area contributed by atoms with Gasteiger partial charge >= 0.3 is 0 Å². The number of rotatable bonds is 6. The molecule has 0 saturated carbocycles. The quantitative estimate of drug-likeness (QED) is 0.662. The van der Waals surface area contributed by atoms with E-state index in [0.29, 0.717) is 6.54 Å². The first-order chi connectivity index (χ1) is 12.5. The average molecular weight is 376 g/mol. The van der Waals surface area contributed by atoms with E-state index in [1.54, 1.807) is 6.20 Å². The molecule has 0 radical (unpaired) electrons. The Morgan fingerprint density at radius 2 is 2.19 bits per heavy atom. The second kappa shape index (κ2) is 6.71. The molecule has 4 heterocycles. The van der Waals surface area contributed by atoms with E-state index in [9.17, 15) is 8.42 Å². The Bertz CT molecular complexity index is 989. The third-order valence-corrected chi connectivity index (χ3v) is 4.92. The highest BCUT2D eigenvalue weighted by Gasteiger charge is 2.20. The van der Waals surface area contributed by atoms with Crippen LogP contribution in [0.4, 0.5) is 0 Å². The first-order valence-corrected chi connectivity index (χ1v) is 10.2. The number of furan rings is 1. The molecule has 138 valence electrons. The normalized spacial score (nSPS) is 15.3. The molecule has 3 aromatic heterocycles. The van der Waals surface area contributed by atoms with Gasteiger partial charge in [-0.05, 0) is 24.3 Å². The number of aromatic amines is 1. The first kappa shape index (κ1) is 17.0. The fourth-order valence-electron chi connectivity index (χ4n) is 3.03. The maximum atomic E-state index is 11.2. The predicted octanol–water partition coefficient (Wildman–Crippen LogP) is 0.931. The van der Waals surface area contributed by atoms with Gasteiger partial charge in [-0.2, -0.15) is 10.2 Å². The zero-order valence-electron chi connectivity index (χ0n) is 14.3. The van der Waals surface area contributed by atoms with E-state index in [4.69, 9.17) is 4.42 Å². The molecular weight excluding hydrogens is 356 g/mol. The summed E-state index contributed by atoms with van der Waals surface area (Å²) in [5, 5.41) is 11.3. The van der Waals surface area contributed by atoms with Gasteiger partial charge in [0.15, 0.2) is 5.76 Å². The highest BCUT2D eigenvalue weighted by atomic mass is 32.2. The van der Waals surface area contributed by atoms with Crippen LogP contribution in [0.15, 0.2) is 34.9 Å². The molecule has 0 fully saturated rings. The van der Waals surface area contributed by atoms with Crippen molar-refractivity contribution in [2.75, 3.05) is 12.8 Å². The highest BCUT2D eigenvalue weighted by Crippen LogP contribution is 2.22. The molecule has 0 spiro atoms. The van der Waals surface area contributed by atoms with Gasteiger partial charge in [0.2, 0.25) is 10.0 Å². The Kier molecular flexibility index (Phi) is 4.39. The molecule has 0 bridgehead atoms. The van der Waals surface area contributed by atoms with E-state index >= 15 is 0 Å². The maximum absolute atomic E-state index is 11.2. The van der Waals surface area contributed by atoms with Crippen molar-refractivity contribution in [3.8, 4) is 11.5 Å². The molecule has 0 unspecified atom stereocenters. The number of hydrogen-bond donors (Lipinski definition) is 2. The van der Waals surface area contributed by atoms with Crippen LogP contribution in [0.3, 0.4) is 0 Å². The van der Waals surface area contributed by atoms with Crippen LogP contribution in [0.1, 0.15) is 17.1 Å². The molecule has 0 saturated heterocycles. The zero-order chi connectivity index (χ0) is 18.1. The van der Waals surface area contributed by atoms with Gasteiger partial charge in [0.1, 0.15) is 11.5 Å². The van der Waals surface area contributed by atoms with Crippen molar-refractivity contribution in [2.45, 2.75) is 26.2 Å². The van der Waals surface area contributed by atoms with Crippen molar-refractivity contribution in [1.82, 2.24) is 29.6 Å². The lowest BCUT2D eigenvalue weighted by Crippen LogP contribution is -2.33. The molecule has 26 heavy (non-hydrogen) atoms. The SMILES string of the molecule is CS(=O)(=O)NCc1cc2n(n1)CCN(Cc1ccc(-c3ccn[nH]3)o1)C2. The zero-order valence-corrected chi connectivity index (χ0v) is 15.2. The number of sulfonamides is 1. The van der Waals surface area contributed by atoms with Gasteiger partial charge in [0, 0.05) is 19.3 Å². The average Bonchev–Trinajstić information content (AvgIpc) is 3.32. The molecule has 9 nitrogen and oxygen atoms in total. The Hall–Kier alpha value is -2.43. The lowest BCUT2D eigenvalue weighted by molar-refractivity contribution is 0.191. The lowest BCUT2D eigenvalue weighted by atomic mass is 10.2. The Balaban J connectivity index is 1.40. The Labute approximate surface area is 151 Å². The lowest BCUT2D eigenvalue weighted by Gasteiger charge is -2.26. The molecule has 3 aromatic rings. The van der Waals surface area contributed by atoms with Gasteiger partial charge in [-0.3, -0.25) is 14.7 Å².